The minimum Gasteiger partial charge on any atom is -0.465 e. The van der Waals surface area contributed by atoms with Crippen molar-refractivity contribution in [1.82, 2.24) is 0 Å². The molecule has 0 saturated heterocycles. The van der Waals surface area contributed by atoms with Crippen LogP contribution >= 0.6 is 0 Å². The number of anilines is 2. The number of rotatable bonds is 4. The number of halogens is 1. The summed E-state index contributed by atoms with van der Waals surface area (Å²) < 4.78 is 18.5. The van der Waals surface area contributed by atoms with Crippen LogP contribution in [0.1, 0.15) is 21.5 Å². The molecule has 0 unspecified atom stereocenters. The first-order valence-electron chi connectivity index (χ1n) is 6.48. The first-order valence-corrected chi connectivity index (χ1v) is 6.48. The second-order valence-corrected chi connectivity index (χ2v) is 4.75. The summed E-state index contributed by atoms with van der Waals surface area (Å²) in [5.74, 6) is -1.10. The highest BCUT2D eigenvalue weighted by atomic mass is 19.1. The average Bonchev–Trinajstić information content (AvgIpc) is 2.47. The van der Waals surface area contributed by atoms with E-state index < -0.39 is 11.8 Å². The number of hydrogen-bond acceptors (Lipinski definition) is 4. The van der Waals surface area contributed by atoms with E-state index in [0.29, 0.717) is 6.54 Å². The van der Waals surface area contributed by atoms with Crippen molar-refractivity contribution in [3.8, 4) is 0 Å². The lowest BCUT2D eigenvalue weighted by Crippen LogP contribution is -2.09. The van der Waals surface area contributed by atoms with E-state index in [2.05, 4.69) is 10.1 Å². The Hall–Kier alpha value is -2.56. The number of nitrogens with one attached hydrogen (secondary N) is 1. The van der Waals surface area contributed by atoms with Crippen LogP contribution in [0.4, 0.5) is 15.8 Å². The Bertz CT molecular complexity index is 654. The molecule has 0 aliphatic carbocycles. The monoisotopic (exact) mass is 288 g/mol. The van der Waals surface area contributed by atoms with Crippen molar-refractivity contribution in [2.75, 3.05) is 18.2 Å². The molecule has 21 heavy (non-hydrogen) atoms. The molecule has 2 rings (SSSR count). The molecule has 0 aliphatic rings. The van der Waals surface area contributed by atoms with Crippen LogP contribution in [0.3, 0.4) is 0 Å². The van der Waals surface area contributed by atoms with Crippen molar-refractivity contribution in [1.29, 1.82) is 0 Å². The van der Waals surface area contributed by atoms with Crippen molar-refractivity contribution in [3.63, 3.8) is 0 Å². The third-order valence-corrected chi connectivity index (χ3v) is 3.15. The molecule has 0 heterocycles. The maximum atomic E-state index is 13.9. The number of aryl methyl sites for hydroxylation is 1. The van der Waals surface area contributed by atoms with Crippen LogP contribution in [0.2, 0.25) is 0 Å². The smallest absolute Gasteiger partial charge is 0.340 e. The molecule has 110 valence electrons. The topological polar surface area (TPSA) is 64.3 Å². The Morgan fingerprint density at radius 2 is 1.95 bits per heavy atom. The van der Waals surface area contributed by atoms with E-state index >= 15 is 0 Å². The number of methoxy groups -OCH3 is 1. The summed E-state index contributed by atoms with van der Waals surface area (Å²) in [6.07, 6.45) is 0. The molecule has 0 amide bonds. The van der Waals surface area contributed by atoms with Gasteiger partial charge in [0.1, 0.15) is 5.82 Å². The standard InChI is InChI=1S/C16H17FN2O2/c1-10-3-5-11(6-4-10)9-19-15-7-12(16(20)21-2)14(18)8-13(15)17/h3-8,19H,9,18H2,1-2H3. The van der Waals surface area contributed by atoms with Gasteiger partial charge in [0.25, 0.3) is 0 Å². The van der Waals surface area contributed by atoms with Crippen LogP contribution in [0.5, 0.6) is 0 Å². The lowest BCUT2D eigenvalue weighted by Gasteiger charge is -2.11. The molecule has 0 spiro atoms. The second kappa shape index (κ2) is 6.26. The molecule has 5 heteroatoms. The van der Waals surface area contributed by atoms with Gasteiger partial charge in [-0.05, 0) is 24.6 Å². The van der Waals surface area contributed by atoms with E-state index in [9.17, 15) is 9.18 Å². The number of nitrogens with two attached hydrogens (primary N) is 1. The zero-order valence-corrected chi connectivity index (χ0v) is 11.9. The predicted molar refractivity (Wildman–Crippen MR) is 80.7 cm³/mol. The number of benzene rings is 2. The van der Waals surface area contributed by atoms with Crippen molar-refractivity contribution in [2.24, 2.45) is 0 Å². The molecule has 4 nitrogen and oxygen atoms in total. The van der Waals surface area contributed by atoms with Gasteiger partial charge in [-0.25, -0.2) is 9.18 Å². The summed E-state index contributed by atoms with van der Waals surface area (Å²) in [6, 6.07) is 10.4. The minimum atomic E-state index is -0.592. The number of carbonyl (C=O) groups is 1. The van der Waals surface area contributed by atoms with Crippen LogP contribution in [-0.2, 0) is 11.3 Å². The van der Waals surface area contributed by atoms with Gasteiger partial charge in [0, 0.05) is 12.2 Å². The zero-order valence-electron chi connectivity index (χ0n) is 11.9. The normalized spacial score (nSPS) is 10.2. The van der Waals surface area contributed by atoms with Crippen LogP contribution in [0.25, 0.3) is 0 Å². The second-order valence-electron chi connectivity index (χ2n) is 4.75. The third kappa shape index (κ3) is 3.51. The van der Waals surface area contributed by atoms with Gasteiger partial charge >= 0.3 is 5.97 Å². The Morgan fingerprint density at radius 1 is 1.29 bits per heavy atom. The Kier molecular flexibility index (Phi) is 4.42. The molecule has 2 aromatic rings. The summed E-state index contributed by atoms with van der Waals surface area (Å²) in [6.45, 7) is 2.45. The Balaban J connectivity index is 2.19. The van der Waals surface area contributed by atoms with Crippen LogP contribution in [0, 0.1) is 12.7 Å². The van der Waals surface area contributed by atoms with Gasteiger partial charge in [0.05, 0.1) is 18.4 Å². The fourth-order valence-corrected chi connectivity index (χ4v) is 1.91. The van der Waals surface area contributed by atoms with Crippen molar-refractivity contribution < 1.29 is 13.9 Å². The highest BCUT2D eigenvalue weighted by Crippen LogP contribution is 2.23. The molecule has 3 N–H and O–H groups in total. The van der Waals surface area contributed by atoms with E-state index in [1.165, 1.54) is 13.2 Å². The van der Waals surface area contributed by atoms with Gasteiger partial charge in [-0.3, -0.25) is 0 Å². The maximum absolute atomic E-state index is 13.9. The molecule has 0 saturated carbocycles. The first-order chi connectivity index (χ1) is 10.0. The molecule has 0 radical (unpaired) electrons. The molecule has 0 aliphatic heterocycles. The molecule has 0 aromatic heterocycles. The summed E-state index contributed by atoms with van der Waals surface area (Å²) in [5.41, 5.74) is 8.20. The average molecular weight is 288 g/mol. The fourth-order valence-electron chi connectivity index (χ4n) is 1.91. The summed E-state index contributed by atoms with van der Waals surface area (Å²) in [7, 11) is 1.25. The van der Waals surface area contributed by atoms with Gasteiger partial charge in [0.15, 0.2) is 0 Å². The van der Waals surface area contributed by atoms with Gasteiger partial charge < -0.3 is 15.8 Å². The first kappa shape index (κ1) is 14.8. The van der Waals surface area contributed by atoms with Crippen molar-refractivity contribution in [3.05, 3.63) is 58.9 Å². The SMILES string of the molecule is COC(=O)c1cc(NCc2ccc(C)cc2)c(F)cc1N. The van der Waals surface area contributed by atoms with E-state index in [1.54, 1.807) is 0 Å². The van der Waals surface area contributed by atoms with Gasteiger partial charge in [-0.15, -0.1) is 0 Å². The van der Waals surface area contributed by atoms with Crippen LogP contribution < -0.4 is 11.1 Å². The Labute approximate surface area is 122 Å². The summed E-state index contributed by atoms with van der Waals surface area (Å²) in [4.78, 5) is 11.6. The quantitative estimate of drug-likeness (QED) is 0.670. The Morgan fingerprint density at radius 3 is 2.57 bits per heavy atom. The molecular weight excluding hydrogens is 271 g/mol. The predicted octanol–water partition coefficient (Wildman–Crippen LogP) is 3.12. The molecular formula is C16H17FN2O2. The number of hydrogen-bond donors (Lipinski definition) is 2. The van der Waals surface area contributed by atoms with Crippen molar-refractivity contribution in [2.45, 2.75) is 13.5 Å². The molecule has 0 atom stereocenters. The third-order valence-electron chi connectivity index (χ3n) is 3.15. The highest BCUT2D eigenvalue weighted by Gasteiger charge is 2.14. The summed E-state index contributed by atoms with van der Waals surface area (Å²) in [5, 5.41) is 2.96. The van der Waals surface area contributed by atoms with E-state index in [-0.39, 0.29) is 16.9 Å². The molecule has 0 fully saturated rings. The van der Waals surface area contributed by atoms with Crippen molar-refractivity contribution >= 4 is 17.3 Å². The molecule has 0 bridgehead atoms. The van der Waals surface area contributed by atoms with E-state index in [1.807, 2.05) is 31.2 Å². The minimum absolute atomic E-state index is 0.0558. The number of nitrogen functional groups attached to an aromatic ring is 1. The lowest BCUT2D eigenvalue weighted by molar-refractivity contribution is 0.0602. The lowest BCUT2D eigenvalue weighted by atomic mass is 10.1. The van der Waals surface area contributed by atoms with Crippen LogP contribution in [-0.4, -0.2) is 13.1 Å². The fraction of sp³-hybridized carbons (Fsp3) is 0.188. The molecule has 2 aromatic carbocycles. The summed E-state index contributed by atoms with van der Waals surface area (Å²) >= 11 is 0. The maximum Gasteiger partial charge on any atom is 0.340 e. The largest absolute Gasteiger partial charge is 0.465 e. The number of ether oxygens (including phenoxy) is 1. The van der Waals surface area contributed by atoms with Crippen LogP contribution in [0.15, 0.2) is 36.4 Å². The van der Waals surface area contributed by atoms with E-state index in [0.717, 1.165) is 17.2 Å². The van der Waals surface area contributed by atoms with Gasteiger partial charge in [-0.1, -0.05) is 29.8 Å². The number of carbonyl (C=O) groups excluding carboxylic acids is 1. The zero-order chi connectivity index (χ0) is 15.4. The number of esters is 1. The van der Waals surface area contributed by atoms with Gasteiger partial charge in [-0.2, -0.15) is 0 Å². The van der Waals surface area contributed by atoms with Gasteiger partial charge in [0.2, 0.25) is 0 Å². The van der Waals surface area contributed by atoms with E-state index in [4.69, 9.17) is 5.73 Å². The highest BCUT2D eigenvalue weighted by molar-refractivity contribution is 5.96.